The maximum atomic E-state index is 12.6. The molecule has 6 heteroatoms. The highest BCUT2D eigenvalue weighted by Crippen LogP contribution is 2.28. The van der Waals surface area contributed by atoms with Gasteiger partial charge in [0.05, 0.1) is 11.2 Å². The van der Waals surface area contributed by atoms with Gasteiger partial charge in [-0.25, -0.2) is 0 Å². The van der Waals surface area contributed by atoms with E-state index in [1.807, 2.05) is 23.2 Å². The highest BCUT2D eigenvalue weighted by Gasteiger charge is 2.28. The Balaban J connectivity index is 1.57. The zero-order chi connectivity index (χ0) is 16.5. The van der Waals surface area contributed by atoms with Crippen LogP contribution in [0.4, 0.5) is 0 Å². The van der Waals surface area contributed by atoms with Crippen LogP contribution in [0.3, 0.4) is 0 Å². The molecule has 1 aliphatic heterocycles. The standard InChI is InChI=1S/C18H17ClN4O/c19-15-10-21-22-17(15)18(24)23-7-3-6-14(11-23)16-8-12-4-1-2-5-13(12)9-20-16/h1-2,4-5,8-10,14H,3,6-7,11H2,(H,21,22). The third-order valence-corrected chi connectivity index (χ3v) is 4.87. The number of aromatic amines is 1. The summed E-state index contributed by atoms with van der Waals surface area (Å²) in [5.41, 5.74) is 1.41. The molecule has 2 aromatic heterocycles. The summed E-state index contributed by atoms with van der Waals surface area (Å²) in [6.45, 7) is 1.39. The summed E-state index contributed by atoms with van der Waals surface area (Å²) in [5.74, 6) is 0.150. The number of piperidine rings is 1. The molecule has 4 rings (SSSR count). The lowest BCUT2D eigenvalue weighted by Gasteiger charge is -2.32. The Hall–Kier alpha value is -2.40. The SMILES string of the molecule is O=C(c1[nH]ncc1Cl)N1CCCC(c2cc3ccccc3cn2)C1. The Morgan fingerprint density at radius 2 is 2.08 bits per heavy atom. The lowest BCUT2D eigenvalue weighted by atomic mass is 9.93. The lowest BCUT2D eigenvalue weighted by molar-refractivity contribution is 0.0700. The van der Waals surface area contributed by atoms with Crippen molar-refractivity contribution in [1.82, 2.24) is 20.1 Å². The van der Waals surface area contributed by atoms with Crippen molar-refractivity contribution in [3.05, 3.63) is 59.1 Å². The topological polar surface area (TPSA) is 61.9 Å². The molecule has 1 amide bonds. The monoisotopic (exact) mass is 340 g/mol. The third-order valence-electron chi connectivity index (χ3n) is 4.59. The quantitative estimate of drug-likeness (QED) is 0.774. The maximum absolute atomic E-state index is 12.6. The fourth-order valence-corrected chi connectivity index (χ4v) is 3.48. The number of halogens is 1. The minimum absolute atomic E-state index is 0.0945. The van der Waals surface area contributed by atoms with E-state index in [1.54, 1.807) is 0 Å². The van der Waals surface area contributed by atoms with Crippen molar-refractivity contribution in [2.75, 3.05) is 13.1 Å². The van der Waals surface area contributed by atoms with E-state index >= 15 is 0 Å². The number of H-pyrrole nitrogens is 1. The zero-order valence-corrected chi connectivity index (χ0v) is 13.8. The third kappa shape index (κ3) is 2.76. The highest BCUT2D eigenvalue weighted by atomic mass is 35.5. The van der Waals surface area contributed by atoms with Crippen LogP contribution in [0.25, 0.3) is 10.8 Å². The first-order valence-electron chi connectivity index (χ1n) is 8.05. The Bertz CT molecular complexity index is 891. The largest absolute Gasteiger partial charge is 0.337 e. The van der Waals surface area contributed by atoms with Gasteiger partial charge in [0.1, 0.15) is 5.69 Å². The molecule has 1 aromatic carbocycles. The summed E-state index contributed by atoms with van der Waals surface area (Å²) in [4.78, 5) is 19.1. The zero-order valence-electron chi connectivity index (χ0n) is 13.1. The average molecular weight is 341 g/mol. The number of hydrogen-bond acceptors (Lipinski definition) is 3. The van der Waals surface area contributed by atoms with Crippen molar-refractivity contribution in [1.29, 1.82) is 0 Å². The summed E-state index contributed by atoms with van der Waals surface area (Å²) in [6.07, 6.45) is 5.36. The van der Waals surface area contributed by atoms with Crippen LogP contribution in [0.15, 0.2) is 42.7 Å². The van der Waals surface area contributed by atoms with E-state index in [1.165, 1.54) is 11.6 Å². The summed E-state index contributed by atoms with van der Waals surface area (Å²) >= 11 is 6.02. The minimum atomic E-state index is -0.0945. The van der Waals surface area contributed by atoms with Gasteiger partial charge in [0.25, 0.3) is 5.91 Å². The van der Waals surface area contributed by atoms with Crippen LogP contribution in [0.2, 0.25) is 5.02 Å². The van der Waals surface area contributed by atoms with E-state index in [0.29, 0.717) is 17.3 Å². The van der Waals surface area contributed by atoms with Gasteiger partial charge in [-0.2, -0.15) is 5.10 Å². The van der Waals surface area contributed by atoms with Gasteiger partial charge in [0.15, 0.2) is 0 Å². The first-order valence-corrected chi connectivity index (χ1v) is 8.43. The second-order valence-corrected chi connectivity index (χ2v) is 6.55. The van der Waals surface area contributed by atoms with Gasteiger partial charge in [-0.3, -0.25) is 14.9 Å². The first kappa shape index (κ1) is 15.1. The molecule has 1 fully saturated rings. The average Bonchev–Trinajstić information content (AvgIpc) is 3.07. The molecule has 1 saturated heterocycles. The molecule has 1 aliphatic rings. The smallest absolute Gasteiger partial charge is 0.273 e. The van der Waals surface area contributed by atoms with E-state index in [0.717, 1.165) is 30.5 Å². The summed E-state index contributed by atoms with van der Waals surface area (Å²) in [5, 5.41) is 9.21. The maximum Gasteiger partial charge on any atom is 0.273 e. The van der Waals surface area contributed by atoms with E-state index in [2.05, 4.69) is 33.4 Å². The highest BCUT2D eigenvalue weighted by molar-refractivity contribution is 6.33. The molecule has 5 nitrogen and oxygen atoms in total. The molecule has 0 aliphatic carbocycles. The van der Waals surface area contributed by atoms with E-state index < -0.39 is 0 Å². The van der Waals surface area contributed by atoms with Crippen molar-refractivity contribution in [3.63, 3.8) is 0 Å². The Morgan fingerprint density at radius 3 is 2.88 bits per heavy atom. The van der Waals surface area contributed by atoms with Crippen molar-refractivity contribution in [3.8, 4) is 0 Å². The lowest BCUT2D eigenvalue weighted by Crippen LogP contribution is -2.39. The predicted molar refractivity (Wildman–Crippen MR) is 93.2 cm³/mol. The van der Waals surface area contributed by atoms with Crippen molar-refractivity contribution < 1.29 is 4.79 Å². The van der Waals surface area contributed by atoms with Crippen LogP contribution in [-0.2, 0) is 0 Å². The van der Waals surface area contributed by atoms with E-state index in [4.69, 9.17) is 11.6 Å². The predicted octanol–water partition coefficient (Wildman–Crippen LogP) is 3.63. The van der Waals surface area contributed by atoms with Crippen molar-refractivity contribution >= 4 is 28.3 Å². The Morgan fingerprint density at radius 1 is 1.25 bits per heavy atom. The van der Waals surface area contributed by atoms with Gasteiger partial charge < -0.3 is 4.90 Å². The molecule has 1 atom stereocenters. The van der Waals surface area contributed by atoms with Crippen LogP contribution in [0, 0.1) is 0 Å². The molecule has 3 heterocycles. The number of benzene rings is 1. The number of hydrogen-bond donors (Lipinski definition) is 1. The number of fused-ring (bicyclic) bond motifs is 1. The number of likely N-dealkylation sites (tertiary alicyclic amines) is 1. The Labute approximate surface area is 144 Å². The summed E-state index contributed by atoms with van der Waals surface area (Å²) in [6, 6.07) is 10.3. The van der Waals surface area contributed by atoms with E-state index in [-0.39, 0.29) is 11.8 Å². The van der Waals surface area contributed by atoms with Gasteiger partial charge in [-0.1, -0.05) is 35.9 Å². The van der Waals surface area contributed by atoms with Crippen LogP contribution in [0.1, 0.15) is 34.9 Å². The fraction of sp³-hybridized carbons (Fsp3) is 0.278. The van der Waals surface area contributed by atoms with Crippen LogP contribution in [0.5, 0.6) is 0 Å². The van der Waals surface area contributed by atoms with Gasteiger partial charge in [-0.05, 0) is 24.3 Å². The number of rotatable bonds is 2. The number of carbonyl (C=O) groups excluding carboxylic acids is 1. The first-order chi connectivity index (χ1) is 11.7. The number of nitrogens with one attached hydrogen (secondary N) is 1. The van der Waals surface area contributed by atoms with Gasteiger partial charge in [-0.15, -0.1) is 0 Å². The second kappa shape index (κ2) is 6.24. The molecule has 0 bridgehead atoms. The van der Waals surface area contributed by atoms with Gasteiger partial charge in [0.2, 0.25) is 0 Å². The molecule has 1 unspecified atom stereocenters. The number of amides is 1. The van der Waals surface area contributed by atoms with Crippen LogP contribution < -0.4 is 0 Å². The molecule has 0 radical (unpaired) electrons. The molecular formula is C18H17ClN4O. The fourth-order valence-electron chi connectivity index (χ4n) is 3.31. The molecular weight excluding hydrogens is 324 g/mol. The molecule has 0 saturated carbocycles. The van der Waals surface area contributed by atoms with Crippen molar-refractivity contribution in [2.45, 2.75) is 18.8 Å². The molecule has 3 aromatic rings. The number of carbonyl (C=O) groups is 1. The summed E-state index contributed by atoms with van der Waals surface area (Å²) < 4.78 is 0. The summed E-state index contributed by atoms with van der Waals surface area (Å²) in [7, 11) is 0. The van der Waals surface area contributed by atoms with E-state index in [9.17, 15) is 4.79 Å². The molecule has 122 valence electrons. The normalized spacial score (nSPS) is 18.0. The Kier molecular flexibility index (Phi) is 3.94. The number of pyridine rings is 1. The van der Waals surface area contributed by atoms with Crippen LogP contribution >= 0.6 is 11.6 Å². The van der Waals surface area contributed by atoms with Gasteiger partial charge in [0, 0.05) is 36.3 Å². The molecule has 24 heavy (non-hydrogen) atoms. The number of nitrogens with zero attached hydrogens (tertiary/aromatic N) is 3. The molecule has 1 N–H and O–H groups in total. The molecule has 0 spiro atoms. The van der Waals surface area contributed by atoms with Gasteiger partial charge >= 0.3 is 0 Å². The minimum Gasteiger partial charge on any atom is -0.337 e. The van der Waals surface area contributed by atoms with Crippen LogP contribution in [-0.4, -0.2) is 39.1 Å². The van der Waals surface area contributed by atoms with Crippen molar-refractivity contribution in [2.24, 2.45) is 0 Å². The second-order valence-electron chi connectivity index (χ2n) is 6.14. The number of aromatic nitrogens is 3.